The zero-order valence-corrected chi connectivity index (χ0v) is 23.3. The number of imidazole rings is 1. The predicted octanol–water partition coefficient (Wildman–Crippen LogP) is 5.37. The van der Waals surface area contributed by atoms with Gasteiger partial charge >= 0.3 is 12.2 Å². The Hall–Kier alpha value is -3.73. The molecule has 1 atom stereocenters. The first kappa shape index (κ1) is 27.8. The van der Waals surface area contributed by atoms with Crippen LogP contribution in [0.2, 0.25) is 0 Å². The van der Waals surface area contributed by atoms with Gasteiger partial charge in [0.25, 0.3) is 0 Å². The van der Waals surface area contributed by atoms with Crippen LogP contribution in [0.4, 0.5) is 18.4 Å². The van der Waals surface area contributed by atoms with Gasteiger partial charge in [0.15, 0.2) is 0 Å². The number of rotatable bonds is 5. The minimum absolute atomic E-state index is 0.133. The van der Waals surface area contributed by atoms with Crippen molar-refractivity contribution in [3.63, 3.8) is 0 Å². The SMILES string of the molecule is Cc1ccn2c(C[C@H]3CN(C(=O)O)CCO3)c(-c3c(F)cc(C4(N(C)C(=O)OC(C)(C)C)CC4)cc3F)nc2c1. The molecule has 1 N–H and O–H groups in total. The number of halogens is 2. The number of benzene rings is 1. The molecule has 40 heavy (non-hydrogen) atoms. The van der Waals surface area contributed by atoms with Crippen LogP contribution in [0.1, 0.15) is 50.4 Å². The Morgan fingerprint density at radius 3 is 2.50 bits per heavy atom. The maximum Gasteiger partial charge on any atom is 0.410 e. The number of ether oxygens (including phenoxy) is 2. The quantitative estimate of drug-likeness (QED) is 0.454. The van der Waals surface area contributed by atoms with Crippen molar-refractivity contribution in [2.75, 3.05) is 26.7 Å². The molecule has 1 saturated carbocycles. The van der Waals surface area contributed by atoms with Crippen molar-refractivity contribution in [1.29, 1.82) is 0 Å². The molecule has 1 aromatic carbocycles. The van der Waals surface area contributed by atoms with Gasteiger partial charge in [0.05, 0.1) is 41.7 Å². The normalized spacial score (nSPS) is 18.6. The van der Waals surface area contributed by atoms with E-state index in [1.54, 1.807) is 38.4 Å². The molecule has 3 aromatic rings. The molecule has 5 rings (SSSR count). The average molecular weight is 557 g/mol. The number of nitrogens with zero attached hydrogens (tertiary/aromatic N) is 4. The molecule has 11 heteroatoms. The molecule has 1 aliphatic carbocycles. The number of hydrogen-bond acceptors (Lipinski definition) is 5. The summed E-state index contributed by atoms with van der Waals surface area (Å²) in [6.45, 7) is 7.81. The second-order valence-electron chi connectivity index (χ2n) is 11.7. The summed E-state index contributed by atoms with van der Waals surface area (Å²) in [5, 5.41) is 9.44. The Balaban J connectivity index is 1.53. The largest absolute Gasteiger partial charge is 0.465 e. The summed E-state index contributed by atoms with van der Waals surface area (Å²) >= 11 is 0. The Morgan fingerprint density at radius 2 is 1.90 bits per heavy atom. The van der Waals surface area contributed by atoms with E-state index in [4.69, 9.17) is 9.47 Å². The Bertz CT molecular complexity index is 1450. The van der Waals surface area contributed by atoms with E-state index < -0.39 is 41.1 Å². The first-order valence-electron chi connectivity index (χ1n) is 13.3. The van der Waals surface area contributed by atoms with Crippen LogP contribution in [0, 0.1) is 18.6 Å². The third kappa shape index (κ3) is 5.22. The lowest BCUT2D eigenvalue weighted by molar-refractivity contribution is -0.0214. The maximum atomic E-state index is 15.9. The Labute approximate surface area is 231 Å². The fourth-order valence-corrected chi connectivity index (χ4v) is 5.33. The van der Waals surface area contributed by atoms with Crippen LogP contribution >= 0.6 is 0 Å². The highest BCUT2D eigenvalue weighted by Gasteiger charge is 2.51. The van der Waals surface area contributed by atoms with Crippen molar-refractivity contribution < 1.29 is 33.0 Å². The van der Waals surface area contributed by atoms with Gasteiger partial charge < -0.3 is 28.8 Å². The van der Waals surface area contributed by atoms with Crippen LogP contribution in [-0.2, 0) is 21.4 Å². The van der Waals surface area contributed by atoms with Gasteiger partial charge in [0.2, 0.25) is 0 Å². The fraction of sp³-hybridized carbons (Fsp3) is 0.483. The van der Waals surface area contributed by atoms with Gasteiger partial charge in [-0.3, -0.25) is 0 Å². The van der Waals surface area contributed by atoms with Crippen LogP contribution in [0.3, 0.4) is 0 Å². The molecule has 214 valence electrons. The molecular formula is C29H34F2N4O5. The minimum atomic E-state index is -1.04. The average Bonchev–Trinajstić information content (AvgIpc) is 3.61. The standard InChI is InChI=1S/C29H34F2N4O5/c1-17-6-9-35-22(15-19-16-34(26(36)37)10-11-39-19)25(32-23(35)12-17)24-20(30)13-18(14-21(24)31)29(7-8-29)33(5)27(38)40-28(2,3)4/h6,9,12-14,19H,7-8,10-11,15-16H2,1-5H3,(H,36,37)/t19-/m0/s1. The summed E-state index contributed by atoms with van der Waals surface area (Å²) in [5.74, 6) is -1.59. The summed E-state index contributed by atoms with van der Waals surface area (Å²) in [6, 6.07) is 6.23. The predicted molar refractivity (Wildman–Crippen MR) is 143 cm³/mol. The van der Waals surface area contributed by atoms with E-state index in [0.29, 0.717) is 29.7 Å². The molecule has 3 heterocycles. The number of aryl methyl sites for hydroxylation is 1. The van der Waals surface area contributed by atoms with Crippen LogP contribution in [0.15, 0.2) is 30.5 Å². The Morgan fingerprint density at radius 1 is 1.23 bits per heavy atom. The van der Waals surface area contributed by atoms with E-state index in [0.717, 1.165) is 5.56 Å². The second-order valence-corrected chi connectivity index (χ2v) is 11.7. The number of fused-ring (bicyclic) bond motifs is 1. The number of pyridine rings is 1. The molecule has 2 fully saturated rings. The number of aromatic nitrogens is 2. The summed E-state index contributed by atoms with van der Waals surface area (Å²) in [5.41, 5.74) is 0.621. The molecule has 1 aliphatic heterocycles. The van der Waals surface area contributed by atoms with Crippen molar-refractivity contribution in [2.45, 2.75) is 64.2 Å². The highest BCUT2D eigenvalue weighted by molar-refractivity contribution is 5.72. The number of carbonyl (C=O) groups is 2. The fourth-order valence-electron chi connectivity index (χ4n) is 5.33. The molecule has 0 bridgehead atoms. The summed E-state index contributed by atoms with van der Waals surface area (Å²) < 4.78 is 44.8. The number of amides is 2. The topological polar surface area (TPSA) is 96.6 Å². The van der Waals surface area contributed by atoms with Crippen molar-refractivity contribution in [2.24, 2.45) is 0 Å². The van der Waals surface area contributed by atoms with Crippen molar-refractivity contribution in [1.82, 2.24) is 19.2 Å². The maximum absolute atomic E-state index is 15.9. The van der Waals surface area contributed by atoms with E-state index in [2.05, 4.69) is 4.98 Å². The molecule has 0 unspecified atom stereocenters. The molecule has 9 nitrogen and oxygen atoms in total. The first-order chi connectivity index (χ1) is 18.8. The number of morpholine rings is 1. The Kier molecular flexibility index (Phi) is 6.98. The smallest absolute Gasteiger partial charge is 0.410 e. The van der Waals surface area contributed by atoms with Gasteiger partial charge in [0, 0.05) is 26.2 Å². The lowest BCUT2D eigenvalue weighted by atomic mass is 9.98. The number of carbonyl (C=O) groups excluding carboxylic acids is 1. The van der Waals surface area contributed by atoms with Crippen LogP contribution in [-0.4, -0.2) is 74.9 Å². The lowest BCUT2D eigenvalue weighted by Crippen LogP contribution is -2.45. The van der Waals surface area contributed by atoms with Crippen molar-refractivity contribution in [3.8, 4) is 11.3 Å². The molecule has 0 spiro atoms. The van der Waals surface area contributed by atoms with Gasteiger partial charge in [-0.15, -0.1) is 0 Å². The van der Waals surface area contributed by atoms with E-state index in [1.165, 1.54) is 21.9 Å². The third-order valence-corrected chi connectivity index (χ3v) is 7.56. The van der Waals surface area contributed by atoms with Crippen LogP contribution in [0.5, 0.6) is 0 Å². The molecule has 0 radical (unpaired) electrons. The summed E-state index contributed by atoms with van der Waals surface area (Å²) in [6.07, 6.45) is 0.990. The third-order valence-electron chi connectivity index (χ3n) is 7.56. The van der Waals surface area contributed by atoms with Gasteiger partial charge in [-0.1, -0.05) is 0 Å². The van der Waals surface area contributed by atoms with Crippen molar-refractivity contribution >= 4 is 17.8 Å². The molecule has 2 amide bonds. The summed E-state index contributed by atoms with van der Waals surface area (Å²) in [4.78, 5) is 31.6. The van der Waals surface area contributed by atoms with Crippen LogP contribution < -0.4 is 0 Å². The molecule has 2 aliphatic rings. The monoisotopic (exact) mass is 556 g/mol. The lowest BCUT2D eigenvalue weighted by Gasteiger charge is -2.31. The number of carboxylic acid groups (broad SMARTS) is 1. The highest BCUT2D eigenvalue weighted by atomic mass is 19.1. The highest BCUT2D eigenvalue weighted by Crippen LogP contribution is 2.51. The van der Waals surface area contributed by atoms with E-state index in [1.807, 2.05) is 19.1 Å². The minimum Gasteiger partial charge on any atom is -0.465 e. The number of hydrogen-bond donors (Lipinski definition) is 1. The van der Waals surface area contributed by atoms with Gasteiger partial charge in [-0.05, 0) is 75.9 Å². The first-order valence-corrected chi connectivity index (χ1v) is 13.3. The van der Waals surface area contributed by atoms with Gasteiger partial charge in [0.1, 0.15) is 22.9 Å². The van der Waals surface area contributed by atoms with Crippen LogP contribution in [0.25, 0.3) is 16.9 Å². The van der Waals surface area contributed by atoms with Gasteiger partial charge in [-0.25, -0.2) is 23.4 Å². The second kappa shape index (κ2) is 10.0. The van der Waals surface area contributed by atoms with E-state index in [-0.39, 0.29) is 37.4 Å². The molecule has 2 aromatic heterocycles. The molecular weight excluding hydrogens is 522 g/mol. The summed E-state index contributed by atoms with van der Waals surface area (Å²) in [7, 11) is 1.58. The van der Waals surface area contributed by atoms with E-state index in [9.17, 15) is 14.7 Å². The van der Waals surface area contributed by atoms with Crippen molar-refractivity contribution in [3.05, 3.63) is 58.9 Å². The zero-order chi connectivity index (χ0) is 29.0. The molecule has 1 saturated heterocycles. The van der Waals surface area contributed by atoms with Gasteiger partial charge in [-0.2, -0.15) is 0 Å². The van der Waals surface area contributed by atoms with E-state index >= 15 is 8.78 Å². The zero-order valence-electron chi connectivity index (χ0n) is 23.3.